The van der Waals surface area contributed by atoms with Gasteiger partial charge in [0.25, 0.3) is 0 Å². The molecule has 0 unspecified atom stereocenters. The van der Waals surface area contributed by atoms with Crippen LogP contribution in [0.15, 0.2) is 48.5 Å². The third-order valence-electron chi connectivity index (χ3n) is 4.01. The lowest BCUT2D eigenvalue weighted by atomic mass is 10.1. The van der Waals surface area contributed by atoms with E-state index < -0.39 is 6.03 Å². The number of phenols is 1. The SMILES string of the molecule is CCCc1ccc(NC(=O)Nc2c(Cl)cc(Cl)c3ccc(O)cc23)cc1. The highest BCUT2D eigenvalue weighted by molar-refractivity contribution is 6.41. The fourth-order valence-corrected chi connectivity index (χ4v) is 3.37. The van der Waals surface area contributed by atoms with E-state index in [2.05, 4.69) is 17.6 Å². The summed E-state index contributed by atoms with van der Waals surface area (Å²) < 4.78 is 0. The number of fused-ring (bicyclic) bond motifs is 1. The Morgan fingerprint density at radius 3 is 2.38 bits per heavy atom. The van der Waals surface area contributed by atoms with Crippen molar-refractivity contribution < 1.29 is 9.90 Å². The summed E-state index contributed by atoms with van der Waals surface area (Å²) in [4.78, 5) is 12.4. The van der Waals surface area contributed by atoms with E-state index in [1.165, 1.54) is 17.7 Å². The average Bonchev–Trinajstić information content (AvgIpc) is 2.60. The van der Waals surface area contributed by atoms with Gasteiger partial charge < -0.3 is 15.7 Å². The van der Waals surface area contributed by atoms with E-state index >= 15 is 0 Å². The molecule has 0 bridgehead atoms. The van der Waals surface area contributed by atoms with E-state index in [0.29, 0.717) is 32.2 Å². The number of benzene rings is 3. The Labute approximate surface area is 161 Å². The number of carbonyl (C=O) groups is 1. The van der Waals surface area contributed by atoms with Gasteiger partial charge in [0.05, 0.1) is 15.7 Å². The number of urea groups is 1. The lowest BCUT2D eigenvalue weighted by molar-refractivity contribution is 0.262. The van der Waals surface area contributed by atoms with Crippen molar-refractivity contribution in [2.24, 2.45) is 0 Å². The van der Waals surface area contributed by atoms with Gasteiger partial charge in [0.1, 0.15) is 5.75 Å². The Kier molecular flexibility index (Phi) is 5.55. The molecule has 0 atom stereocenters. The Balaban J connectivity index is 1.84. The normalized spacial score (nSPS) is 10.7. The van der Waals surface area contributed by atoms with E-state index in [1.54, 1.807) is 12.1 Å². The number of hydrogen-bond acceptors (Lipinski definition) is 2. The molecule has 0 radical (unpaired) electrons. The van der Waals surface area contributed by atoms with E-state index in [4.69, 9.17) is 23.2 Å². The molecule has 0 saturated heterocycles. The van der Waals surface area contributed by atoms with Crippen LogP contribution in [-0.4, -0.2) is 11.1 Å². The zero-order valence-corrected chi connectivity index (χ0v) is 15.7. The van der Waals surface area contributed by atoms with Crippen molar-refractivity contribution in [3.8, 4) is 5.75 Å². The van der Waals surface area contributed by atoms with Crippen molar-refractivity contribution in [3.05, 3.63) is 64.1 Å². The van der Waals surface area contributed by atoms with Gasteiger partial charge in [0.2, 0.25) is 0 Å². The van der Waals surface area contributed by atoms with Gasteiger partial charge in [-0.05, 0) is 48.4 Å². The molecule has 0 heterocycles. The third kappa shape index (κ3) is 4.03. The standard InChI is InChI=1S/C20H18Cl2N2O2/c1-2-3-12-4-6-13(7-5-12)23-20(26)24-19-16-10-14(25)8-9-15(16)17(21)11-18(19)22/h4-11,25H,2-3H2,1H3,(H2,23,24,26). The minimum Gasteiger partial charge on any atom is -0.508 e. The van der Waals surface area contributed by atoms with Crippen molar-refractivity contribution >= 4 is 51.4 Å². The summed E-state index contributed by atoms with van der Waals surface area (Å²) in [6.45, 7) is 2.12. The van der Waals surface area contributed by atoms with Crippen molar-refractivity contribution in [1.82, 2.24) is 0 Å². The smallest absolute Gasteiger partial charge is 0.323 e. The van der Waals surface area contributed by atoms with Crippen molar-refractivity contribution in [1.29, 1.82) is 0 Å². The number of hydrogen-bond donors (Lipinski definition) is 3. The molecule has 134 valence electrons. The Morgan fingerprint density at radius 2 is 1.69 bits per heavy atom. The summed E-state index contributed by atoms with van der Waals surface area (Å²) in [5.41, 5.74) is 2.29. The number of halogens is 2. The molecular weight excluding hydrogens is 371 g/mol. The molecule has 2 amide bonds. The van der Waals surface area contributed by atoms with Crippen LogP contribution in [0.1, 0.15) is 18.9 Å². The topological polar surface area (TPSA) is 61.4 Å². The van der Waals surface area contributed by atoms with E-state index in [9.17, 15) is 9.90 Å². The number of phenolic OH excluding ortho intramolecular Hbond substituents is 1. The number of nitrogens with one attached hydrogen (secondary N) is 2. The monoisotopic (exact) mass is 388 g/mol. The highest BCUT2D eigenvalue weighted by atomic mass is 35.5. The number of aryl methyl sites for hydroxylation is 1. The molecule has 4 nitrogen and oxygen atoms in total. The maximum Gasteiger partial charge on any atom is 0.323 e. The molecule has 0 aliphatic rings. The maximum absolute atomic E-state index is 12.4. The van der Waals surface area contributed by atoms with Gasteiger partial charge >= 0.3 is 6.03 Å². The molecule has 0 aromatic heterocycles. The molecule has 3 rings (SSSR count). The van der Waals surface area contributed by atoms with Crippen molar-refractivity contribution in [2.75, 3.05) is 10.6 Å². The van der Waals surface area contributed by atoms with Gasteiger partial charge in [-0.1, -0.05) is 48.7 Å². The van der Waals surface area contributed by atoms with Crippen LogP contribution in [0.4, 0.5) is 16.2 Å². The molecule has 26 heavy (non-hydrogen) atoms. The van der Waals surface area contributed by atoms with Gasteiger partial charge in [0, 0.05) is 16.5 Å². The predicted octanol–water partition coefficient (Wildman–Crippen LogP) is 6.45. The number of aromatic hydroxyl groups is 1. The molecule has 0 saturated carbocycles. The van der Waals surface area contributed by atoms with E-state index in [-0.39, 0.29) is 5.75 Å². The van der Waals surface area contributed by atoms with E-state index in [0.717, 1.165) is 12.8 Å². The van der Waals surface area contributed by atoms with Crippen molar-refractivity contribution in [2.45, 2.75) is 19.8 Å². The summed E-state index contributed by atoms with van der Waals surface area (Å²) in [5, 5.41) is 17.3. The summed E-state index contributed by atoms with van der Waals surface area (Å²) in [6.07, 6.45) is 2.07. The molecule has 3 aromatic carbocycles. The third-order valence-corrected chi connectivity index (χ3v) is 4.62. The number of carbonyl (C=O) groups excluding carboxylic acids is 1. The first-order valence-electron chi connectivity index (χ1n) is 8.25. The van der Waals surface area contributed by atoms with Crippen LogP contribution < -0.4 is 10.6 Å². The largest absolute Gasteiger partial charge is 0.508 e. The highest BCUT2D eigenvalue weighted by Gasteiger charge is 2.13. The van der Waals surface area contributed by atoms with Crippen LogP contribution in [0.5, 0.6) is 5.75 Å². The van der Waals surface area contributed by atoms with Crippen LogP contribution in [-0.2, 0) is 6.42 Å². The zero-order chi connectivity index (χ0) is 18.7. The first-order chi connectivity index (χ1) is 12.5. The molecule has 0 spiro atoms. The summed E-state index contributed by atoms with van der Waals surface area (Å²) >= 11 is 12.5. The van der Waals surface area contributed by atoms with Crippen LogP contribution in [0, 0.1) is 0 Å². The second-order valence-electron chi connectivity index (χ2n) is 5.97. The zero-order valence-electron chi connectivity index (χ0n) is 14.1. The van der Waals surface area contributed by atoms with Crippen LogP contribution in [0.2, 0.25) is 10.0 Å². The van der Waals surface area contributed by atoms with Gasteiger partial charge in [-0.3, -0.25) is 0 Å². The fraction of sp³-hybridized carbons (Fsp3) is 0.150. The van der Waals surface area contributed by atoms with E-state index in [1.807, 2.05) is 24.3 Å². The Bertz CT molecular complexity index is 956. The lowest BCUT2D eigenvalue weighted by Gasteiger charge is -2.13. The van der Waals surface area contributed by atoms with Crippen molar-refractivity contribution in [3.63, 3.8) is 0 Å². The second kappa shape index (κ2) is 7.85. The minimum absolute atomic E-state index is 0.0609. The van der Waals surface area contributed by atoms with Gasteiger partial charge in [-0.25, -0.2) is 4.79 Å². The van der Waals surface area contributed by atoms with Gasteiger partial charge in [0.15, 0.2) is 0 Å². The van der Waals surface area contributed by atoms with Crippen LogP contribution in [0.25, 0.3) is 10.8 Å². The second-order valence-corrected chi connectivity index (χ2v) is 6.79. The molecule has 6 heteroatoms. The Hall–Kier alpha value is -2.43. The summed E-state index contributed by atoms with van der Waals surface area (Å²) in [6, 6.07) is 13.6. The first kappa shape index (κ1) is 18.4. The number of anilines is 2. The summed E-state index contributed by atoms with van der Waals surface area (Å²) in [7, 11) is 0. The lowest BCUT2D eigenvalue weighted by Crippen LogP contribution is -2.19. The average molecular weight is 389 g/mol. The number of amides is 2. The first-order valence-corrected chi connectivity index (χ1v) is 9.01. The van der Waals surface area contributed by atoms with Crippen LogP contribution >= 0.6 is 23.2 Å². The molecule has 3 aromatic rings. The number of rotatable bonds is 4. The van der Waals surface area contributed by atoms with Gasteiger partial charge in [-0.2, -0.15) is 0 Å². The fourth-order valence-electron chi connectivity index (χ4n) is 2.78. The Morgan fingerprint density at radius 1 is 0.962 bits per heavy atom. The highest BCUT2D eigenvalue weighted by Crippen LogP contribution is 2.38. The minimum atomic E-state index is -0.429. The molecule has 0 fully saturated rings. The van der Waals surface area contributed by atoms with Gasteiger partial charge in [-0.15, -0.1) is 0 Å². The quantitative estimate of drug-likeness (QED) is 0.480. The summed E-state index contributed by atoms with van der Waals surface area (Å²) in [5.74, 6) is 0.0609. The molecule has 0 aliphatic carbocycles. The molecule has 0 aliphatic heterocycles. The predicted molar refractivity (Wildman–Crippen MR) is 109 cm³/mol. The molecule has 3 N–H and O–H groups in total. The van der Waals surface area contributed by atoms with Crippen LogP contribution in [0.3, 0.4) is 0 Å². The molecular formula is C20H18Cl2N2O2. The maximum atomic E-state index is 12.4.